The highest BCUT2D eigenvalue weighted by Gasteiger charge is 2.35. The van der Waals surface area contributed by atoms with Crippen LogP contribution in [0, 0.1) is 0 Å². The first-order chi connectivity index (χ1) is 17.0. The molecule has 1 aliphatic heterocycles. The molecule has 1 saturated heterocycles. The molecule has 1 aromatic carbocycles. The molecule has 4 rings (SSSR count). The molecule has 35 heavy (non-hydrogen) atoms. The van der Waals surface area contributed by atoms with E-state index in [4.69, 9.17) is 16.3 Å². The Bertz CT molecular complexity index is 1190. The van der Waals surface area contributed by atoms with Gasteiger partial charge in [-0.15, -0.1) is 11.3 Å². The Morgan fingerprint density at radius 2 is 1.91 bits per heavy atom. The number of ether oxygens (including phenoxy) is 1. The molecule has 1 unspecified atom stereocenters. The second-order valence-corrected chi connectivity index (χ2v) is 10.1. The standard InChI is InChI=1S/C27H28ClN3O3S/c1-3-4-23-27(33)30(15-16-31(23)26(32)14-11-22-10-12-24(28)35-22)18-19-5-7-20(8-6-19)21-9-13-25(34-2)29-17-21/h5-14,17,23H,3-4,15-16,18H2,1-2H3/b14-11+. The highest BCUT2D eigenvalue weighted by molar-refractivity contribution is 7.17. The van der Waals surface area contributed by atoms with Gasteiger partial charge in [-0.05, 0) is 41.8 Å². The molecule has 1 aliphatic rings. The topological polar surface area (TPSA) is 62.7 Å². The maximum Gasteiger partial charge on any atom is 0.247 e. The van der Waals surface area contributed by atoms with Crippen molar-refractivity contribution < 1.29 is 14.3 Å². The molecule has 8 heteroatoms. The highest BCUT2D eigenvalue weighted by atomic mass is 35.5. The second-order valence-electron chi connectivity index (χ2n) is 8.36. The van der Waals surface area contributed by atoms with Gasteiger partial charge in [0.05, 0.1) is 11.4 Å². The molecule has 3 aromatic rings. The predicted octanol–water partition coefficient (Wildman–Crippen LogP) is 5.53. The third kappa shape index (κ3) is 6.10. The quantitative estimate of drug-likeness (QED) is 0.375. The number of rotatable bonds is 8. The van der Waals surface area contributed by atoms with Crippen molar-refractivity contribution in [2.45, 2.75) is 32.4 Å². The fourth-order valence-corrected chi connectivity index (χ4v) is 5.14. The van der Waals surface area contributed by atoms with Crippen LogP contribution in [0.1, 0.15) is 30.2 Å². The number of hydrogen-bond donors (Lipinski definition) is 0. The lowest BCUT2D eigenvalue weighted by Crippen LogP contribution is -2.58. The maximum absolute atomic E-state index is 13.3. The van der Waals surface area contributed by atoms with Gasteiger partial charge >= 0.3 is 0 Å². The number of hydrogen-bond acceptors (Lipinski definition) is 5. The van der Waals surface area contributed by atoms with Crippen molar-refractivity contribution in [1.29, 1.82) is 0 Å². The van der Waals surface area contributed by atoms with Crippen LogP contribution in [0.2, 0.25) is 4.34 Å². The fourth-order valence-electron chi connectivity index (χ4n) is 4.17. The molecule has 2 amide bonds. The third-order valence-corrected chi connectivity index (χ3v) is 7.22. The molecule has 3 heterocycles. The van der Waals surface area contributed by atoms with Gasteiger partial charge in [-0.25, -0.2) is 4.98 Å². The van der Waals surface area contributed by atoms with Gasteiger partial charge in [0.25, 0.3) is 0 Å². The number of thiophene rings is 1. The molecule has 1 atom stereocenters. The molecule has 0 N–H and O–H groups in total. The monoisotopic (exact) mass is 509 g/mol. The summed E-state index contributed by atoms with van der Waals surface area (Å²) in [6, 6.07) is 15.2. The number of aromatic nitrogens is 1. The number of amides is 2. The van der Waals surface area contributed by atoms with Crippen molar-refractivity contribution in [2.75, 3.05) is 20.2 Å². The van der Waals surface area contributed by atoms with E-state index in [1.165, 1.54) is 11.3 Å². The average molecular weight is 510 g/mol. The number of benzene rings is 1. The van der Waals surface area contributed by atoms with Crippen LogP contribution in [0.15, 0.2) is 60.8 Å². The normalized spacial score (nSPS) is 16.2. The highest BCUT2D eigenvalue weighted by Crippen LogP contribution is 2.25. The molecule has 0 saturated carbocycles. The number of methoxy groups -OCH3 is 1. The third-order valence-electron chi connectivity index (χ3n) is 6.02. The maximum atomic E-state index is 13.3. The number of halogens is 1. The summed E-state index contributed by atoms with van der Waals surface area (Å²) >= 11 is 7.39. The van der Waals surface area contributed by atoms with Gasteiger partial charge in [0.2, 0.25) is 17.7 Å². The number of pyridine rings is 1. The Morgan fingerprint density at radius 3 is 2.54 bits per heavy atom. The lowest BCUT2D eigenvalue weighted by atomic mass is 10.0. The van der Waals surface area contributed by atoms with Crippen LogP contribution in [0.3, 0.4) is 0 Å². The molecule has 6 nitrogen and oxygen atoms in total. The van der Waals surface area contributed by atoms with Gasteiger partial charge in [-0.3, -0.25) is 9.59 Å². The van der Waals surface area contributed by atoms with Crippen LogP contribution in [0.5, 0.6) is 5.88 Å². The van der Waals surface area contributed by atoms with E-state index in [9.17, 15) is 9.59 Å². The van der Waals surface area contributed by atoms with E-state index in [2.05, 4.69) is 4.98 Å². The van der Waals surface area contributed by atoms with Crippen molar-refractivity contribution in [2.24, 2.45) is 0 Å². The lowest BCUT2D eigenvalue weighted by molar-refractivity contribution is -0.150. The van der Waals surface area contributed by atoms with E-state index in [-0.39, 0.29) is 11.8 Å². The van der Waals surface area contributed by atoms with Crippen LogP contribution in [0.4, 0.5) is 0 Å². The van der Waals surface area contributed by atoms with Crippen molar-refractivity contribution in [3.8, 4) is 17.0 Å². The van der Waals surface area contributed by atoms with Crippen LogP contribution < -0.4 is 4.74 Å². The first kappa shape index (κ1) is 24.9. The summed E-state index contributed by atoms with van der Waals surface area (Å²) in [7, 11) is 1.59. The minimum atomic E-state index is -0.442. The minimum absolute atomic E-state index is 0.00227. The minimum Gasteiger partial charge on any atom is -0.481 e. The van der Waals surface area contributed by atoms with Crippen LogP contribution >= 0.6 is 22.9 Å². The average Bonchev–Trinajstić information content (AvgIpc) is 3.30. The lowest BCUT2D eigenvalue weighted by Gasteiger charge is -2.40. The molecular formula is C27H28ClN3O3S. The number of carbonyl (C=O) groups is 2. The number of nitrogens with zero attached hydrogens (tertiary/aromatic N) is 3. The molecule has 0 spiro atoms. The summed E-state index contributed by atoms with van der Waals surface area (Å²) in [6.07, 6.45) is 6.55. The molecule has 2 aromatic heterocycles. The van der Waals surface area contributed by atoms with E-state index < -0.39 is 6.04 Å². The Labute approximate surface area is 214 Å². The van der Waals surface area contributed by atoms with Gasteiger partial charge in [0.1, 0.15) is 6.04 Å². The van der Waals surface area contributed by atoms with E-state index in [1.807, 2.05) is 54.3 Å². The zero-order chi connectivity index (χ0) is 24.8. The SMILES string of the molecule is CCCC1C(=O)N(Cc2ccc(-c3ccc(OC)nc3)cc2)CCN1C(=O)/C=C/c1ccc(Cl)s1. The summed E-state index contributed by atoms with van der Waals surface area (Å²) in [4.78, 5) is 35.0. The van der Waals surface area contributed by atoms with E-state index >= 15 is 0 Å². The largest absolute Gasteiger partial charge is 0.481 e. The van der Waals surface area contributed by atoms with Gasteiger partial charge in [-0.1, -0.05) is 49.2 Å². The molecular weight excluding hydrogens is 482 g/mol. The van der Waals surface area contributed by atoms with Gasteiger partial charge in [0, 0.05) is 48.4 Å². The van der Waals surface area contributed by atoms with Crippen molar-refractivity contribution in [3.63, 3.8) is 0 Å². The van der Waals surface area contributed by atoms with Crippen molar-refractivity contribution in [1.82, 2.24) is 14.8 Å². The number of piperazine rings is 1. The summed E-state index contributed by atoms with van der Waals surface area (Å²) < 4.78 is 5.80. The summed E-state index contributed by atoms with van der Waals surface area (Å²) in [6.45, 7) is 3.57. The molecule has 0 aliphatic carbocycles. The van der Waals surface area contributed by atoms with Crippen LogP contribution in [0.25, 0.3) is 17.2 Å². The van der Waals surface area contributed by atoms with E-state index in [0.717, 1.165) is 28.0 Å². The zero-order valence-corrected chi connectivity index (χ0v) is 21.4. The molecule has 1 fully saturated rings. The Hall–Kier alpha value is -3.16. The smallest absolute Gasteiger partial charge is 0.247 e. The van der Waals surface area contributed by atoms with Gasteiger partial charge < -0.3 is 14.5 Å². The van der Waals surface area contributed by atoms with Gasteiger partial charge in [-0.2, -0.15) is 0 Å². The first-order valence-corrected chi connectivity index (χ1v) is 12.8. The van der Waals surface area contributed by atoms with Crippen molar-refractivity contribution in [3.05, 3.63) is 75.6 Å². The molecule has 0 radical (unpaired) electrons. The molecule has 182 valence electrons. The van der Waals surface area contributed by atoms with Gasteiger partial charge in [0.15, 0.2) is 0 Å². The second kappa shape index (κ2) is 11.5. The van der Waals surface area contributed by atoms with E-state index in [0.29, 0.717) is 36.3 Å². The fraction of sp³-hybridized carbons (Fsp3) is 0.296. The Balaban J connectivity index is 1.41. The molecule has 0 bridgehead atoms. The van der Waals surface area contributed by atoms with Crippen LogP contribution in [-0.4, -0.2) is 52.8 Å². The zero-order valence-electron chi connectivity index (χ0n) is 19.8. The summed E-state index contributed by atoms with van der Waals surface area (Å²) in [5.74, 6) is 0.440. The summed E-state index contributed by atoms with van der Waals surface area (Å²) in [5.41, 5.74) is 3.10. The Morgan fingerprint density at radius 1 is 1.14 bits per heavy atom. The van der Waals surface area contributed by atoms with E-state index in [1.54, 1.807) is 36.4 Å². The summed E-state index contributed by atoms with van der Waals surface area (Å²) in [5, 5.41) is 0. The number of carbonyl (C=O) groups excluding carboxylic acids is 2. The Kier molecular flexibility index (Phi) is 8.21. The predicted molar refractivity (Wildman–Crippen MR) is 140 cm³/mol. The van der Waals surface area contributed by atoms with Crippen molar-refractivity contribution >= 4 is 40.8 Å². The van der Waals surface area contributed by atoms with Crippen LogP contribution in [-0.2, 0) is 16.1 Å². The first-order valence-electron chi connectivity index (χ1n) is 11.6.